The molecule has 5 nitrogen and oxygen atoms in total. The molecule has 0 aromatic rings. The van der Waals surface area contributed by atoms with Gasteiger partial charge in [-0.15, -0.1) is 11.8 Å². The Morgan fingerprint density at radius 2 is 1.63 bits per heavy atom. The van der Waals surface area contributed by atoms with Crippen LogP contribution in [0.4, 0.5) is 0 Å². The van der Waals surface area contributed by atoms with Gasteiger partial charge in [-0.1, -0.05) is 20.8 Å². The molecule has 0 aromatic carbocycles. The zero-order valence-electron chi connectivity index (χ0n) is 16.5. The molecule has 1 unspecified atom stereocenters. The molecule has 4 saturated carbocycles. The summed E-state index contributed by atoms with van der Waals surface area (Å²) in [6.07, 6.45) is 7.01. The van der Waals surface area contributed by atoms with E-state index in [9.17, 15) is 14.4 Å². The Hall–Kier alpha value is -1.04. The van der Waals surface area contributed by atoms with Crippen molar-refractivity contribution in [3.05, 3.63) is 0 Å². The van der Waals surface area contributed by atoms with Crippen molar-refractivity contribution < 1.29 is 14.4 Å². The van der Waals surface area contributed by atoms with E-state index >= 15 is 0 Å². The number of carbonyl (C=O) groups is 3. The SMILES string of the molecule is CC(C)(C)[C@H]1SC[C@@H]2C(=O)C(C(=O)NC34CC5CC(CC(C5)C3)C4)C(=O)N21. The number of hydrogen-bond acceptors (Lipinski definition) is 4. The highest BCUT2D eigenvalue weighted by molar-refractivity contribution is 8.00. The Balaban J connectivity index is 1.35. The van der Waals surface area contributed by atoms with Crippen LogP contribution in [0.5, 0.6) is 0 Å². The van der Waals surface area contributed by atoms with Crippen LogP contribution in [0.25, 0.3) is 0 Å². The van der Waals surface area contributed by atoms with Crippen LogP contribution in [0.1, 0.15) is 59.3 Å². The molecule has 4 aliphatic carbocycles. The second-order valence-corrected chi connectivity index (χ2v) is 11.9. The number of nitrogens with one attached hydrogen (secondary N) is 1. The summed E-state index contributed by atoms with van der Waals surface area (Å²) < 4.78 is 0. The maximum absolute atomic E-state index is 13.2. The highest BCUT2D eigenvalue weighted by atomic mass is 32.2. The summed E-state index contributed by atoms with van der Waals surface area (Å²) in [7, 11) is 0. The molecule has 2 heterocycles. The lowest BCUT2D eigenvalue weighted by Crippen LogP contribution is -2.61. The topological polar surface area (TPSA) is 66.5 Å². The van der Waals surface area contributed by atoms with Crippen LogP contribution in [0.3, 0.4) is 0 Å². The van der Waals surface area contributed by atoms with Crippen molar-refractivity contribution in [2.45, 2.75) is 76.3 Å². The summed E-state index contributed by atoms with van der Waals surface area (Å²) in [5.74, 6) is 0.892. The number of carbonyl (C=O) groups excluding carboxylic acids is 3. The molecule has 2 saturated heterocycles. The van der Waals surface area contributed by atoms with Gasteiger partial charge >= 0.3 is 0 Å². The van der Waals surface area contributed by atoms with Gasteiger partial charge < -0.3 is 10.2 Å². The number of Topliss-reactive ketones (excluding diaryl/α,β-unsaturated/α-hetero) is 1. The van der Waals surface area contributed by atoms with E-state index in [2.05, 4.69) is 26.1 Å². The first-order valence-electron chi connectivity index (χ1n) is 10.5. The van der Waals surface area contributed by atoms with E-state index in [1.165, 1.54) is 19.3 Å². The van der Waals surface area contributed by atoms with Crippen LogP contribution in [-0.2, 0) is 14.4 Å². The molecule has 3 atom stereocenters. The van der Waals surface area contributed by atoms with E-state index in [0.717, 1.165) is 37.0 Å². The maximum atomic E-state index is 13.2. The second-order valence-electron chi connectivity index (χ2n) is 10.8. The Labute approximate surface area is 165 Å². The standard InChI is InChI=1S/C21H30N2O3S/c1-20(2,3)19-23-14(10-27-19)16(24)15(18(23)26)17(25)22-21-7-11-4-12(8-21)6-13(5-11)9-21/h11-15,19H,4-10H2,1-3H3,(H,22,25)/t11?,12?,13?,14-,15?,19-,21?/m1/s1. The van der Waals surface area contributed by atoms with Crippen LogP contribution < -0.4 is 5.32 Å². The number of thioether (sulfide) groups is 1. The molecule has 6 fully saturated rings. The van der Waals surface area contributed by atoms with E-state index in [1.807, 2.05) is 0 Å². The minimum atomic E-state index is -1.12. The fourth-order valence-electron chi connectivity index (χ4n) is 6.96. The van der Waals surface area contributed by atoms with Gasteiger partial charge in [-0.05, 0) is 61.7 Å². The number of hydrogen-bond donors (Lipinski definition) is 1. The average Bonchev–Trinajstić information content (AvgIpc) is 3.06. The third kappa shape index (κ3) is 2.69. The number of ketones is 1. The molecule has 6 heteroatoms. The van der Waals surface area contributed by atoms with Crippen LogP contribution in [0.2, 0.25) is 0 Å². The average molecular weight is 391 g/mol. The summed E-state index contributed by atoms with van der Waals surface area (Å²) in [4.78, 5) is 40.9. The van der Waals surface area contributed by atoms with E-state index in [4.69, 9.17) is 0 Å². The highest BCUT2D eigenvalue weighted by Gasteiger charge is 2.59. The first-order valence-corrected chi connectivity index (χ1v) is 11.5. The summed E-state index contributed by atoms with van der Waals surface area (Å²) in [5.41, 5.74) is -0.266. The summed E-state index contributed by atoms with van der Waals surface area (Å²) >= 11 is 1.67. The first kappa shape index (κ1) is 18.0. The van der Waals surface area contributed by atoms with Crippen molar-refractivity contribution in [1.82, 2.24) is 10.2 Å². The Morgan fingerprint density at radius 3 is 2.15 bits per heavy atom. The van der Waals surface area contributed by atoms with E-state index in [-0.39, 0.29) is 33.9 Å². The predicted molar refractivity (Wildman–Crippen MR) is 104 cm³/mol. The van der Waals surface area contributed by atoms with Crippen molar-refractivity contribution in [3.8, 4) is 0 Å². The lowest BCUT2D eigenvalue weighted by molar-refractivity contribution is -0.143. The van der Waals surface area contributed by atoms with Crippen molar-refractivity contribution >= 4 is 29.4 Å². The lowest BCUT2D eigenvalue weighted by atomic mass is 9.53. The number of nitrogens with zero attached hydrogens (tertiary/aromatic N) is 1. The Bertz CT molecular complexity index is 677. The summed E-state index contributed by atoms with van der Waals surface area (Å²) in [6.45, 7) is 6.27. The van der Waals surface area contributed by atoms with Crippen LogP contribution >= 0.6 is 11.8 Å². The molecule has 4 bridgehead atoms. The molecule has 2 amide bonds. The van der Waals surface area contributed by atoms with E-state index in [1.54, 1.807) is 16.7 Å². The zero-order valence-corrected chi connectivity index (χ0v) is 17.3. The van der Waals surface area contributed by atoms with Crippen molar-refractivity contribution in [2.24, 2.45) is 29.1 Å². The van der Waals surface area contributed by atoms with Gasteiger partial charge in [0, 0.05) is 11.3 Å². The normalized spacial score (nSPS) is 45.5. The van der Waals surface area contributed by atoms with Crippen LogP contribution in [0.15, 0.2) is 0 Å². The fraction of sp³-hybridized carbons (Fsp3) is 0.857. The molecule has 6 rings (SSSR count). The van der Waals surface area contributed by atoms with Crippen molar-refractivity contribution in [3.63, 3.8) is 0 Å². The lowest BCUT2D eigenvalue weighted by Gasteiger charge is -2.57. The monoisotopic (exact) mass is 390 g/mol. The number of rotatable bonds is 2. The van der Waals surface area contributed by atoms with Gasteiger partial charge in [-0.3, -0.25) is 14.4 Å². The third-order valence-corrected chi connectivity index (χ3v) is 9.30. The molecule has 148 valence electrons. The highest BCUT2D eigenvalue weighted by Crippen LogP contribution is 2.55. The largest absolute Gasteiger partial charge is 0.350 e. The van der Waals surface area contributed by atoms with Crippen LogP contribution in [-0.4, -0.2) is 45.2 Å². The van der Waals surface area contributed by atoms with Gasteiger partial charge in [0.2, 0.25) is 11.8 Å². The molecule has 27 heavy (non-hydrogen) atoms. The first-order chi connectivity index (χ1) is 12.7. The van der Waals surface area contributed by atoms with E-state index < -0.39 is 12.0 Å². The van der Waals surface area contributed by atoms with Crippen LogP contribution in [0, 0.1) is 29.1 Å². The predicted octanol–water partition coefficient (Wildman–Crippen LogP) is 2.59. The molecule has 6 aliphatic rings. The van der Waals surface area contributed by atoms with Gasteiger partial charge in [0.15, 0.2) is 11.7 Å². The minimum Gasteiger partial charge on any atom is -0.350 e. The molecular weight excluding hydrogens is 360 g/mol. The van der Waals surface area contributed by atoms with Gasteiger partial charge in [0.1, 0.15) is 6.04 Å². The minimum absolute atomic E-state index is 0.0312. The molecule has 0 aromatic heterocycles. The zero-order chi connectivity index (χ0) is 19.1. The smallest absolute Gasteiger partial charge is 0.244 e. The molecule has 1 N–H and O–H groups in total. The van der Waals surface area contributed by atoms with Gasteiger partial charge in [-0.25, -0.2) is 0 Å². The Morgan fingerprint density at radius 1 is 1.07 bits per heavy atom. The third-order valence-electron chi connectivity index (χ3n) is 7.54. The quantitative estimate of drug-likeness (QED) is 0.736. The second kappa shape index (κ2) is 5.74. The summed E-state index contributed by atoms with van der Waals surface area (Å²) in [6, 6.07) is -0.418. The fourth-order valence-corrected chi connectivity index (χ4v) is 8.56. The number of fused-ring (bicyclic) bond motifs is 1. The Kier molecular flexibility index (Phi) is 3.83. The molecule has 0 spiro atoms. The van der Waals surface area contributed by atoms with Gasteiger partial charge in [-0.2, -0.15) is 0 Å². The van der Waals surface area contributed by atoms with Crippen molar-refractivity contribution in [2.75, 3.05) is 5.75 Å². The van der Waals surface area contributed by atoms with Gasteiger partial charge in [0.25, 0.3) is 0 Å². The molecular formula is C21H30N2O3S. The maximum Gasteiger partial charge on any atom is 0.244 e. The molecule has 0 radical (unpaired) electrons. The van der Waals surface area contributed by atoms with Crippen molar-refractivity contribution in [1.29, 1.82) is 0 Å². The summed E-state index contributed by atoms with van der Waals surface area (Å²) in [5, 5.41) is 3.22. The van der Waals surface area contributed by atoms with E-state index in [0.29, 0.717) is 5.75 Å². The van der Waals surface area contributed by atoms with Gasteiger partial charge in [0.05, 0.1) is 5.37 Å². The molecule has 2 aliphatic heterocycles. The number of amides is 2.